The van der Waals surface area contributed by atoms with Crippen LogP contribution in [0, 0.1) is 0 Å². The van der Waals surface area contributed by atoms with Crippen LogP contribution in [-0.2, 0) is 10.0 Å². The second kappa shape index (κ2) is 5.34. The molecular weight excluding hydrogens is 330 g/mol. The van der Waals surface area contributed by atoms with E-state index in [4.69, 9.17) is 9.47 Å². The van der Waals surface area contributed by atoms with E-state index < -0.39 is 10.0 Å². The third-order valence-electron chi connectivity index (χ3n) is 3.70. The van der Waals surface area contributed by atoms with E-state index in [0.717, 1.165) is 5.56 Å². The number of hydrazone groups is 1. The number of benzene rings is 2. The van der Waals surface area contributed by atoms with E-state index in [1.807, 2.05) is 6.07 Å². The van der Waals surface area contributed by atoms with E-state index in [9.17, 15) is 8.42 Å². The van der Waals surface area contributed by atoms with E-state index in [2.05, 4.69) is 9.50 Å². The Morgan fingerprint density at radius 3 is 2.83 bits per heavy atom. The summed E-state index contributed by atoms with van der Waals surface area (Å²) in [4.78, 5) is 0.199. The van der Waals surface area contributed by atoms with Crippen molar-refractivity contribution in [3.8, 4) is 11.5 Å². The van der Waals surface area contributed by atoms with Gasteiger partial charge in [-0.2, -0.15) is 13.5 Å². The first-order valence-corrected chi connectivity index (χ1v) is 8.60. The van der Waals surface area contributed by atoms with Crippen molar-refractivity contribution in [2.24, 2.45) is 9.50 Å². The number of ether oxygens (including phenoxy) is 2. The van der Waals surface area contributed by atoms with Gasteiger partial charge in [-0.25, -0.2) is 5.01 Å². The van der Waals surface area contributed by atoms with Gasteiger partial charge in [0.25, 0.3) is 10.0 Å². The van der Waals surface area contributed by atoms with Crippen LogP contribution in [-0.4, -0.2) is 39.3 Å². The number of hydrogen-bond donors (Lipinski definition) is 0. The SMILES string of the molecule is CN(/N=C\c1ccc2c(c1)OCO2)C1=NS(=O)(=O)c2ccccc21. The second-order valence-corrected chi connectivity index (χ2v) is 6.84. The molecule has 2 aromatic carbocycles. The van der Waals surface area contributed by atoms with Crippen molar-refractivity contribution < 1.29 is 17.9 Å². The molecule has 0 saturated heterocycles. The van der Waals surface area contributed by atoms with Crippen molar-refractivity contribution in [1.29, 1.82) is 0 Å². The lowest BCUT2D eigenvalue weighted by Gasteiger charge is -2.12. The molecule has 0 bridgehead atoms. The third-order valence-corrected chi connectivity index (χ3v) is 5.02. The van der Waals surface area contributed by atoms with E-state index >= 15 is 0 Å². The predicted octanol–water partition coefficient (Wildman–Crippen LogP) is 1.83. The molecule has 0 atom stereocenters. The molecule has 8 heteroatoms. The Labute approximate surface area is 138 Å². The molecule has 0 saturated carbocycles. The van der Waals surface area contributed by atoms with Gasteiger partial charge in [0, 0.05) is 12.6 Å². The molecule has 0 N–H and O–H groups in total. The zero-order valence-electron chi connectivity index (χ0n) is 12.7. The van der Waals surface area contributed by atoms with E-state index in [-0.39, 0.29) is 11.7 Å². The smallest absolute Gasteiger partial charge is 0.285 e. The summed E-state index contributed by atoms with van der Waals surface area (Å²) < 4.78 is 38.5. The fourth-order valence-electron chi connectivity index (χ4n) is 2.52. The van der Waals surface area contributed by atoms with Crippen LogP contribution in [0.5, 0.6) is 11.5 Å². The van der Waals surface area contributed by atoms with Crippen LogP contribution in [0.4, 0.5) is 0 Å². The Morgan fingerprint density at radius 2 is 1.96 bits per heavy atom. The second-order valence-electron chi connectivity index (χ2n) is 5.27. The average molecular weight is 343 g/mol. The molecule has 0 radical (unpaired) electrons. The van der Waals surface area contributed by atoms with E-state index in [1.54, 1.807) is 43.6 Å². The van der Waals surface area contributed by atoms with Gasteiger partial charge in [0.2, 0.25) is 6.79 Å². The Kier molecular flexibility index (Phi) is 3.27. The zero-order chi connectivity index (χ0) is 16.7. The Balaban J connectivity index is 1.62. The summed E-state index contributed by atoms with van der Waals surface area (Å²) in [6.07, 6.45) is 1.61. The van der Waals surface area contributed by atoms with Gasteiger partial charge in [-0.15, -0.1) is 4.40 Å². The number of sulfonamides is 1. The largest absolute Gasteiger partial charge is 0.454 e. The standard InChI is InChI=1S/C16H13N3O4S/c1-19(16-12-4-2-3-5-15(12)24(20,21)18-16)17-9-11-6-7-13-14(8-11)23-10-22-13/h2-9H,10H2,1H3/b17-9-. The summed E-state index contributed by atoms with van der Waals surface area (Å²) in [7, 11) is -2.00. The van der Waals surface area contributed by atoms with Gasteiger partial charge in [-0.05, 0) is 35.9 Å². The normalized spacial score (nSPS) is 17.0. The number of fused-ring (bicyclic) bond motifs is 2. The highest BCUT2D eigenvalue weighted by Crippen LogP contribution is 2.32. The average Bonchev–Trinajstić information content (AvgIpc) is 3.15. The van der Waals surface area contributed by atoms with E-state index in [0.29, 0.717) is 22.9 Å². The lowest BCUT2D eigenvalue weighted by atomic mass is 10.2. The Bertz CT molecular complexity index is 983. The topological polar surface area (TPSA) is 80.6 Å². The molecule has 2 aliphatic heterocycles. The summed E-state index contributed by atoms with van der Waals surface area (Å²) in [5.74, 6) is 1.65. The molecule has 4 rings (SSSR count). The van der Waals surface area contributed by atoms with Crippen LogP contribution in [0.1, 0.15) is 11.1 Å². The highest BCUT2D eigenvalue weighted by atomic mass is 32.2. The number of rotatable bonds is 2. The van der Waals surface area contributed by atoms with Crippen LogP contribution in [0.2, 0.25) is 0 Å². The minimum absolute atomic E-state index is 0.199. The van der Waals surface area contributed by atoms with Gasteiger partial charge in [0.05, 0.1) is 6.21 Å². The van der Waals surface area contributed by atoms with Crippen LogP contribution in [0.25, 0.3) is 0 Å². The quantitative estimate of drug-likeness (QED) is 0.614. The molecular formula is C16H13N3O4S. The summed E-state index contributed by atoms with van der Waals surface area (Å²) in [6, 6.07) is 12.1. The number of nitrogens with zero attached hydrogens (tertiary/aromatic N) is 3. The summed E-state index contributed by atoms with van der Waals surface area (Å²) >= 11 is 0. The van der Waals surface area contributed by atoms with Gasteiger partial charge in [-0.1, -0.05) is 12.1 Å². The van der Waals surface area contributed by atoms with Crippen molar-refractivity contribution >= 4 is 22.1 Å². The molecule has 0 fully saturated rings. The molecule has 2 aliphatic rings. The van der Waals surface area contributed by atoms with Gasteiger partial charge < -0.3 is 9.47 Å². The minimum Gasteiger partial charge on any atom is -0.454 e. The summed E-state index contributed by atoms with van der Waals surface area (Å²) in [5, 5.41) is 5.72. The lowest BCUT2D eigenvalue weighted by molar-refractivity contribution is 0.174. The molecule has 7 nitrogen and oxygen atoms in total. The fraction of sp³-hybridized carbons (Fsp3) is 0.125. The Hall–Kier alpha value is -2.87. The first-order valence-electron chi connectivity index (χ1n) is 7.16. The summed E-state index contributed by atoms with van der Waals surface area (Å²) in [5.41, 5.74) is 1.35. The third kappa shape index (κ3) is 2.41. The van der Waals surface area contributed by atoms with Crippen molar-refractivity contribution in [3.63, 3.8) is 0 Å². The molecule has 2 aromatic rings. The number of hydrogen-bond acceptors (Lipinski definition) is 6. The number of amidine groups is 1. The van der Waals surface area contributed by atoms with Gasteiger partial charge in [-0.3, -0.25) is 0 Å². The molecule has 0 amide bonds. The first-order chi connectivity index (χ1) is 11.5. The molecule has 2 heterocycles. The van der Waals surface area contributed by atoms with Crippen molar-refractivity contribution in [2.75, 3.05) is 13.8 Å². The maximum absolute atomic E-state index is 12.1. The van der Waals surface area contributed by atoms with Crippen molar-refractivity contribution in [1.82, 2.24) is 5.01 Å². The molecule has 0 aromatic heterocycles. The monoisotopic (exact) mass is 343 g/mol. The molecule has 0 aliphatic carbocycles. The predicted molar refractivity (Wildman–Crippen MR) is 88.1 cm³/mol. The lowest BCUT2D eigenvalue weighted by Crippen LogP contribution is -2.21. The molecule has 24 heavy (non-hydrogen) atoms. The first kappa shape index (κ1) is 14.7. The van der Waals surface area contributed by atoms with E-state index in [1.165, 1.54) is 11.1 Å². The molecule has 0 spiro atoms. The van der Waals surface area contributed by atoms with Gasteiger partial charge in [0.1, 0.15) is 4.90 Å². The summed E-state index contributed by atoms with van der Waals surface area (Å²) in [6.45, 7) is 0.210. The van der Waals surface area contributed by atoms with Crippen molar-refractivity contribution in [2.45, 2.75) is 4.90 Å². The maximum Gasteiger partial charge on any atom is 0.285 e. The molecule has 122 valence electrons. The zero-order valence-corrected chi connectivity index (χ0v) is 13.5. The van der Waals surface area contributed by atoms with Crippen LogP contribution >= 0.6 is 0 Å². The Morgan fingerprint density at radius 1 is 1.17 bits per heavy atom. The highest BCUT2D eigenvalue weighted by molar-refractivity contribution is 7.90. The van der Waals surface area contributed by atoms with Crippen molar-refractivity contribution in [3.05, 3.63) is 53.6 Å². The highest BCUT2D eigenvalue weighted by Gasteiger charge is 2.30. The fourth-order valence-corrected chi connectivity index (χ4v) is 3.75. The van der Waals surface area contributed by atoms with Crippen LogP contribution in [0.3, 0.4) is 0 Å². The van der Waals surface area contributed by atoms with Crippen LogP contribution in [0.15, 0.2) is 56.9 Å². The molecule has 0 unspecified atom stereocenters. The maximum atomic E-state index is 12.1. The van der Waals surface area contributed by atoms with Gasteiger partial charge >= 0.3 is 0 Å². The van der Waals surface area contributed by atoms with Gasteiger partial charge in [0.15, 0.2) is 17.3 Å². The minimum atomic E-state index is -3.65. The van der Waals surface area contributed by atoms with Crippen LogP contribution < -0.4 is 9.47 Å².